The normalized spacial score (nSPS) is 10.0. The maximum atomic E-state index is 8.57. The first-order valence-electron chi connectivity index (χ1n) is 5.62. The maximum absolute atomic E-state index is 8.57. The van der Waals surface area contributed by atoms with Crippen LogP contribution in [0.25, 0.3) is 42.7 Å². The quantitative estimate of drug-likeness (QED) is 0.288. The molecule has 0 unspecified atom stereocenters. The lowest BCUT2D eigenvalue weighted by atomic mass is 10.1. The van der Waals surface area contributed by atoms with E-state index in [-0.39, 0.29) is 11.5 Å². The average molecular weight is 262 g/mol. The lowest BCUT2D eigenvalue weighted by Crippen LogP contribution is -1.85. The minimum atomic E-state index is 0.0379. The molecule has 8 nitrogen and oxygen atoms in total. The van der Waals surface area contributed by atoms with Crippen LogP contribution in [-0.2, 0) is 0 Å². The molecule has 3 rings (SSSR count). The van der Waals surface area contributed by atoms with Crippen molar-refractivity contribution in [2.24, 2.45) is 10.2 Å². The van der Waals surface area contributed by atoms with Gasteiger partial charge >= 0.3 is 0 Å². The third-order valence-corrected chi connectivity index (χ3v) is 2.81. The molecule has 0 radical (unpaired) electrons. The molecule has 0 atom stereocenters. The number of hydrogen-bond acceptors (Lipinski definition) is 4. The molecule has 0 spiro atoms. The highest BCUT2D eigenvalue weighted by molar-refractivity contribution is 6.04. The van der Waals surface area contributed by atoms with Crippen LogP contribution < -0.4 is 0 Å². The van der Waals surface area contributed by atoms with E-state index >= 15 is 0 Å². The van der Waals surface area contributed by atoms with Crippen molar-refractivity contribution in [2.45, 2.75) is 0 Å². The Kier molecular flexibility index (Phi) is 2.78. The van der Waals surface area contributed by atoms with Gasteiger partial charge in [0.2, 0.25) is 0 Å². The summed E-state index contributed by atoms with van der Waals surface area (Å²) in [6, 6.07) is 9.12. The zero-order chi connectivity index (χ0) is 13.9. The predicted octanol–water partition coefficient (Wildman–Crippen LogP) is 4.67. The SMILES string of the molecule is [N-]=[N+]=Nc1cc2ccc3cccnc3c2nc1N=[N+]=[N-]. The summed E-state index contributed by atoms with van der Waals surface area (Å²) in [5, 5.41) is 8.63. The van der Waals surface area contributed by atoms with Crippen molar-refractivity contribution in [2.75, 3.05) is 0 Å². The highest BCUT2D eigenvalue weighted by Gasteiger charge is 2.08. The largest absolute Gasteiger partial charge is 0.254 e. The van der Waals surface area contributed by atoms with Gasteiger partial charge in [-0.15, -0.1) is 0 Å². The van der Waals surface area contributed by atoms with E-state index < -0.39 is 0 Å². The minimum absolute atomic E-state index is 0.0379. The van der Waals surface area contributed by atoms with Crippen molar-refractivity contribution >= 4 is 33.3 Å². The van der Waals surface area contributed by atoms with Crippen molar-refractivity contribution in [3.8, 4) is 0 Å². The summed E-state index contributed by atoms with van der Waals surface area (Å²) in [7, 11) is 0. The molecule has 94 valence electrons. The van der Waals surface area contributed by atoms with Crippen molar-refractivity contribution in [1.82, 2.24) is 9.97 Å². The van der Waals surface area contributed by atoms with Crippen LogP contribution >= 0.6 is 0 Å². The van der Waals surface area contributed by atoms with Gasteiger partial charge in [0, 0.05) is 26.8 Å². The summed E-state index contributed by atoms with van der Waals surface area (Å²) in [5.41, 5.74) is 18.6. The number of benzene rings is 1. The van der Waals surface area contributed by atoms with Crippen LogP contribution in [0, 0.1) is 0 Å². The molecule has 0 aliphatic heterocycles. The summed E-state index contributed by atoms with van der Waals surface area (Å²) in [4.78, 5) is 13.9. The second-order valence-corrected chi connectivity index (χ2v) is 3.92. The molecule has 0 N–H and O–H groups in total. The summed E-state index contributed by atoms with van der Waals surface area (Å²) in [6.07, 6.45) is 1.66. The Bertz CT molecular complexity index is 919. The van der Waals surface area contributed by atoms with Crippen LogP contribution in [0.3, 0.4) is 0 Å². The molecule has 20 heavy (non-hydrogen) atoms. The molecule has 1 aromatic carbocycles. The van der Waals surface area contributed by atoms with E-state index in [1.54, 1.807) is 12.3 Å². The van der Waals surface area contributed by atoms with Gasteiger partial charge in [0.15, 0.2) is 0 Å². The highest BCUT2D eigenvalue weighted by atomic mass is 15.2. The lowest BCUT2D eigenvalue weighted by Gasteiger charge is -2.05. The Labute approximate surface area is 112 Å². The zero-order valence-electron chi connectivity index (χ0n) is 10.0. The van der Waals surface area contributed by atoms with Gasteiger partial charge in [0.1, 0.15) is 5.82 Å². The molecule has 0 saturated carbocycles. The Morgan fingerprint density at radius 1 is 0.950 bits per heavy atom. The van der Waals surface area contributed by atoms with Gasteiger partial charge in [0.25, 0.3) is 0 Å². The first kappa shape index (κ1) is 11.7. The average Bonchev–Trinajstić information content (AvgIpc) is 2.48. The monoisotopic (exact) mass is 262 g/mol. The summed E-state index contributed by atoms with van der Waals surface area (Å²) in [5.74, 6) is 0.0379. The van der Waals surface area contributed by atoms with Crippen LogP contribution in [-0.4, -0.2) is 9.97 Å². The lowest BCUT2D eigenvalue weighted by molar-refractivity contribution is 1.28. The molecular formula is C12H6N8. The van der Waals surface area contributed by atoms with E-state index in [4.69, 9.17) is 11.1 Å². The van der Waals surface area contributed by atoms with Crippen LogP contribution in [0.2, 0.25) is 0 Å². The van der Waals surface area contributed by atoms with Crippen molar-refractivity contribution in [3.05, 3.63) is 57.4 Å². The maximum Gasteiger partial charge on any atom is 0.137 e. The third kappa shape index (κ3) is 1.83. The molecule has 0 saturated heterocycles. The van der Waals surface area contributed by atoms with E-state index in [2.05, 4.69) is 30.0 Å². The van der Waals surface area contributed by atoms with E-state index in [0.29, 0.717) is 11.0 Å². The molecule has 0 fully saturated rings. The summed E-state index contributed by atoms with van der Waals surface area (Å²) < 4.78 is 0. The first-order valence-corrected chi connectivity index (χ1v) is 5.62. The number of rotatable bonds is 2. The van der Waals surface area contributed by atoms with Gasteiger partial charge < -0.3 is 0 Å². The van der Waals surface area contributed by atoms with Gasteiger partial charge in [0.05, 0.1) is 16.7 Å². The Hall–Kier alpha value is -3.34. The predicted molar refractivity (Wildman–Crippen MR) is 74.7 cm³/mol. The standard InChI is InChI=1S/C12H6N8/c13-19-17-9-6-8-4-3-7-2-1-5-15-10(7)11(8)16-12(9)18-20-14/h1-6H. The molecule has 3 aromatic rings. The van der Waals surface area contributed by atoms with Crippen molar-refractivity contribution in [3.63, 3.8) is 0 Å². The highest BCUT2D eigenvalue weighted by Crippen LogP contribution is 2.32. The second-order valence-electron chi connectivity index (χ2n) is 3.92. The fraction of sp³-hybridized carbons (Fsp3) is 0. The molecule has 8 heteroatoms. The zero-order valence-corrected chi connectivity index (χ0v) is 10.0. The van der Waals surface area contributed by atoms with Crippen molar-refractivity contribution in [1.29, 1.82) is 0 Å². The van der Waals surface area contributed by atoms with E-state index in [1.807, 2.05) is 24.3 Å². The van der Waals surface area contributed by atoms with E-state index in [9.17, 15) is 0 Å². The number of fused-ring (bicyclic) bond motifs is 3. The second kappa shape index (κ2) is 4.74. The fourth-order valence-electron chi connectivity index (χ4n) is 1.99. The Morgan fingerprint density at radius 3 is 2.55 bits per heavy atom. The summed E-state index contributed by atoms with van der Waals surface area (Å²) >= 11 is 0. The number of pyridine rings is 2. The number of azide groups is 2. The molecule has 2 heterocycles. The fourth-order valence-corrected chi connectivity index (χ4v) is 1.99. The van der Waals surface area contributed by atoms with Crippen LogP contribution in [0.4, 0.5) is 11.5 Å². The molecule has 0 aliphatic rings. The van der Waals surface area contributed by atoms with Crippen LogP contribution in [0.1, 0.15) is 0 Å². The van der Waals surface area contributed by atoms with Gasteiger partial charge in [-0.3, -0.25) is 4.98 Å². The van der Waals surface area contributed by atoms with Crippen molar-refractivity contribution < 1.29 is 0 Å². The number of aromatic nitrogens is 2. The smallest absolute Gasteiger partial charge is 0.137 e. The first-order chi connectivity index (χ1) is 9.83. The third-order valence-electron chi connectivity index (χ3n) is 2.81. The topological polar surface area (TPSA) is 123 Å². The summed E-state index contributed by atoms with van der Waals surface area (Å²) in [6.45, 7) is 0. The molecule has 0 bridgehead atoms. The molecule has 0 amide bonds. The number of nitrogens with zero attached hydrogens (tertiary/aromatic N) is 8. The van der Waals surface area contributed by atoms with Crippen LogP contribution in [0.15, 0.2) is 46.8 Å². The van der Waals surface area contributed by atoms with Crippen LogP contribution in [0.5, 0.6) is 0 Å². The van der Waals surface area contributed by atoms with Gasteiger partial charge in [-0.2, -0.15) is 0 Å². The van der Waals surface area contributed by atoms with Gasteiger partial charge in [-0.25, -0.2) is 4.98 Å². The minimum Gasteiger partial charge on any atom is -0.254 e. The Balaban J connectivity index is 2.47. The van der Waals surface area contributed by atoms with Gasteiger partial charge in [-0.05, 0) is 28.3 Å². The Morgan fingerprint density at radius 2 is 1.75 bits per heavy atom. The van der Waals surface area contributed by atoms with E-state index in [1.165, 1.54) is 0 Å². The van der Waals surface area contributed by atoms with E-state index in [0.717, 1.165) is 10.8 Å². The van der Waals surface area contributed by atoms with Gasteiger partial charge in [-0.1, -0.05) is 23.3 Å². The molecule has 2 aromatic heterocycles. The molecular weight excluding hydrogens is 256 g/mol. The number of hydrogen-bond donors (Lipinski definition) is 0. The molecule has 0 aliphatic carbocycles.